The monoisotopic (exact) mass is 252 g/mol. The number of ether oxygens (including phenoxy) is 1. The lowest BCUT2D eigenvalue weighted by Crippen LogP contribution is -2.41. The molecule has 2 aliphatic rings. The van der Waals surface area contributed by atoms with Crippen molar-refractivity contribution in [2.24, 2.45) is 5.92 Å². The normalized spacial score (nSPS) is 38.1. The predicted molar refractivity (Wildman–Crippen MR) is 70.3 cm³/mol. The fourth-order valence-electron chi connectivity index (χ4n) is 3.75. The van der Waals surface area contributed by atoms with Crippen molar-refractivity contribution in [1.29, 1.82) is 0 Å². The minimum absolute atomic E-state index is 0.142. The Hall–Kier alpha value is -0.670. The molecule has 1 N–H and O–H groups in total. The van der Waals surface area contributed by atoms with Crippen LogP contribution in [0.3, 0.4) is 0 Å². The topological polar surface area (TPSA) is 46.5 Å². The van der Waals surface area contributed by atoms with Crippen molar-refractivity contribution in [2.45, 2.75) is 63.1 Å². The van der Waals surface area contributed by atoms with Gasteiger partial charge in [-0.05, 0) is 43.6 Å². The fraction of sp³-hybridized carbons (Fsp3) is 0.800. The third-order valence-electron chi connectivity index (χ3n) is 4.96. The summed E-state index contributed by atoms with van der Waals surface area (Å²) < 4.78 is 5.72. The minimum atomic E-state index is -0.536. The Bertz CT molecular complexity index is 363. The van der Waals surface area contributed by atoms with Crippen molar-refractivity contribution in [3.63, 3.8) is 0 Å². The van der Waals surface area contributed by atoms with E-state index in [1.807, 2.05) is 6.92 Å². The van der Waals surface area contributed by atoms with Crippen molar-refractivity contribution in [1.82, 2.24) is 0 Å². The summed E-state index contributed by atoms with van der Waals surface area (Å²) in [6.45, 7) is 5.74. The first-order chi connectivity index (χ1) is 8.45. The molecular formula is C15H24O3. The van der Waals surface area contributed by atoms with Gasteiger partial charge >= 0.3 is 0 Å². The standard InChI is InChI=1S/C15H24O3/c1-4-11(2)13(16)6-8-15(18-3)10-14(17)7-5-12(15)9-14/h12,17H,2,4-10H2,1,3H3. The zero-order chi connectivity index (χ0) is 13.4. The van der Waals surface area contributed by atoms with Crippen LogP contribution in [0, 0.1) is 5.92 Å². The Morgan fingerprint density at radius 2 is 2.28 bits per heavy atom. The summed E-state index contributed by atoms with van der Waals surface area (Å²) in [5.74, 6) is 0.555. The number of methoxy groups -OCH3 is 1. The van der Waals surface area contributed by atoms with Crippen LogP contribution < -0.4 is 0 Å². The van der Waals surface area contributed by atoms with Gasteiger partial charge < -0.3 is 9.84 Å². The van der Waals surface area contributed by atoms with Crippen molar-refractivity contribution in [2.75, 3.05) is 7.11 Å². The van der Waals surface area contributed by atoms with Gasteiger partial charge in [0.2, 0.25) is 0 Å². The number of hydrogen-bond donors (Lipinski definition) is 1. The summed E-state index contributed by atoms with van der Waals surface area (Å²) in [5.41, 5.74) is -0.120. The van der Waals surface area contributed by atoms with Crippen LogP contribution in [0.15, 0.2) is 12.2 Å². The van der Waals surface area contributed by atoms with E-state index in [2.05, 4.69) is 6.58 Å². The molecule has 3 atom stereocenters. The number of carbonyl (C=O) groups excluding carboxylic acids is 1. The van der Waals surface area contributed by atoms with Crippen LogP contribution in [-0.4, -0.2) is 29.2 Å². The van der Waals surface area contributed by atoms with E-state index in [1.165, 1.54) is 0 Å². The molecule has 0 aromatic carbocycles. The van der Waals surface area contributed by atoms with Crippen LogP contribution in [0.2, 0.25) is 0 Å². The molecule has 0 aliphatic heterocycles. The molecular weight excluding hydrogens is 228 g/mol. The van der Waals surface area contributed by atoms with Crippen molar-refractivity contribution >= 4 is 5.78 Å². The first-order valence-electron chi connectivity index (χ1n) is 6.93. The van der Waals surface area contributed by atoms with Gasteiger partial charge in [0.25, 0.3) is 0 Å². The highest BCUT2D eigenvalue weighted by atomic mass is 16.5. The highest BCUT2D eigenvalue weighted by Gasteiger charge is 2.58. The van der Waals surface area contributed by atoms with Crippen LogP contribution in [-0.2, 0) is 9.53 Å². The summed E-state index contributed by atoms with van der Waals surface area (Å²) in [6.07, 6.45) is 5.36. The fourth-order valence-corrected chi connectivity index (χ4v) is 3.75. The Morgan fingerprint density at radius 1 is 1.56 bits per heavy atom. The molecule has 2 aliphatic carbocycles. The molecule has 0 aromatic rings. The molecule has 0 amide bonds. The van der Waals surface area contributed by atoms with Crippen LogP contribution >= 0.6 is 0 Å². The van der Waals surface area contributed by atoms with E-state index in [9.17, 15) is 9.90 Å². The molecule has 2 rings (SSSR count). The van der Waals surface area contributed by atoms with Gasteiger partial charge in [0.05, 0.1) is 11.2 Å². The van der Waals surface area contributed by atoms with E-state index in [-0.39, 0.29) is 11.4 Å². The first kappa shape index (κ1) is 13.8. The Balaban J connectivity index is 1.99. The SMILES string of the molecule is C=C(CC)C(=O)CCC1(OC)CC2(O)CCC1C2. The first-order valence-corrected chi connectivity index (χ1v) is 6.93. The van der Waals surface area contributed by atoms with Gasteiger partial charge in [0, 0.05) is 20.0 Å². The largest absolute Gasteiger partial charge is 0.390 e. The second-order valence-electron chi connectivity index (χ2n) is 5.99. The van der Waals surface area contributed by atoms with Gasteiger partial charge in [-0.25, -0.2) is 0 Å². The molecule has 0 saturated heterocycles. The van der Waals surface area contributed by atoms with Gasteiger partial charge in [-0.15, -0.1) is 0 Å². The van der Waals surface area contributed by atoms with E-state index in [0.29, 0.717) is 37.2 Å². The molecule has 0 radical (unpaired) electrons. The Labute approximate surface area is 109 Å². The molecule has 3 nitrogen and oxygen atoms in total. The van der Waals surface area contributed by atoms with Crippen molar-refractivity contribution in [3.05, 3.63) is 12.2 Å². The lowest BCUT2D eigenvalue weighted by Gasteiger charge is -2.38. The molecule has 102 valence electrons. The molecule has 0 aromatic heterocycles. The van der Waals surface area contributed by atoms with E-state index >= 15 is 0 Å². The van der Waals surface area contributed by atoms with E-state index < -0.39 is 5.60 Å². The third kappa shape index (κ3) is 2.26. The van der Waals surface area contributed by atoms with Crippen LogP contribution in [0.4, 0.5) is 0 Å². The number of aliphatic hydroxyl groups is 1. The lowest BCUT2D eigenvalue weighted by atomic mass is 9.79. The van der Waals surface area contributed by atoms with Gasteiger partial charge in [0.1, 0.15) is 0 Å². The number of Topliss-reactive ketones (excluding diaryl/α,β-unsaturated/α-hetero) is 1. The third-order valence-corrected chi connectivity index (χ3v) is 4.96. The Kier molecular flexibility index (Phi) is 3.65. The molecule has 3 heteroatoms. The minimum Gasteiger partial charge on any atom is -0.390 e. The smallest absolute Gasteiger partial charge is 0.158 e. The Morgan fingerprint density at radius 3 is 2.72 bits per heavy atom. The number of rotatable bonds is 6. The van der Waals surface area contributed by atoms with E-state index in [4.69, 9.17) is 4.74 Å². The highest BCUT2D eigenvalue weighted by molar-refractivity contribution is 5.94. The van der Waals surface area contributed by atoms with Crippen LogP contribution in [0.1, 0.15) is 51.9 Å². The molecule has 0 spiro atoms. The molecule has 2 fully saturated rings. The van der Waals surface area contributed by atoms with Gasteiger partial charge in [-0.3, -0.25) is 4.79 Å². The summed E-state index contributed by atoms with van der Waals surface area (Å²) >= 11 is 0. The quantitative estimate of drug-likeness (QED) is 0.739. The molecule has 3 unspecified atom stereocenters. The summed E-state index contributed by atoms with van der Waals surface area (Å²) in [4.78, 5) is 11.9. The lowest BCUT2D eigenvalue weighted by molar-refractivity contribution is -0.120. The summed E-state index contributed by atoms with van der Waals surface area (Å²) in [6, 6.07) is 0. The van der Waals surface area contributed by atoms with Crippen LogP contribution in [0.5, 0.6) is 0 Å². The van der Waals surface area contributed by atoms with Gasteiger partial charge in [-0.2, -0.15) is 0 Å². The van der Waals surface area contributed by atoms with Gasteiger partial charge in [0.15, 0.2) is 5.78 Å². The van der Waals surface area contributed by atoms with Crippen LogP contribution in [0.25, 0.3) is 0 Å². The zero-order valence-corrected chi connectivity index (χ0v) is 11.5. The van der Waals surface area contributed by atoms with Gasteiger partial charge in [-0.1, -0.05) is 13.5 Å². The average molecular weight is 252 g/mol. The number of fused-ring (bicyclic) bond motifs is 2. The van der Waals surface area contributed by atoms with Crippen molar-refractivity contribution < 1.29 is 14.6 Å². The predicted octanol–water partition coefficient (Wildman–Crippen LogP) is 2.62. The second-order valence-corrected chi connectivity index (χ2v) is 5.99. The molecule has 2 bridgehead atoms. The average Bonchev–Trinajstić information content (AvgIpc) is 2.88. The maximum absolute atomic E-state index is 11.9. The summed E-state index contributed by atoms with van der Waals surface area (Å²) in [7, 11) is 1.71. The number of carbonyl (C=O) groups is 1. The zero-order valence-electron chi connectivity index (χ0n) is 11.5. The molecule has 2 saturated carbocycles. The maximum Gasteiger partial charge on any atom is 0.158 e. The van der Waals surface area contributed by atoms with E-state index in [0.717, 1.165) is 19.3 Å². The second kappa shape index (κ2) is 4.78. The maximum atomic E-state index is 11.9. The van der Waals surface area contributed by atoms with Crippen molar-refractivity contribution in [3.8, 4) is 0 Å². The number of ketones is 1. The number of hydrogen-bond acceptors (Lipinski definition) is 3. The van der Waals surface area contributed by atoms with E-state index in [1.54, 1.807) is 7.11 Å². The highest BCUT2D eigenvalue weighted by Crippen LogP contribution is 2.56. The number of allylic oxidation sites excluding steroid dienone is 1. The summed E-state index contributed by atoms with van der Waals surface area (Å²) in [5, 5.41) is 10.3. The molecule has 0 heterocycles. The molecule has 18 heavy (non-hydrogen) atoms.